The number of nitrogens with zero attached hydrogens (tertiary/aromatic N) is 1. The van der Waals surface area contributed by atoms with Gasteiger partial charge in [-0.05, 0) is 49.4 Å². The summed E-state index contributed by atoms with van der Waals surface area (Å²) in [5.74, 6) is -1.21. The molecule has 1 atom stereocenters. The molecule has 1 amide bonds. The summed E-state index contributed by atoms with van der Waals surface area (Å²) in [5.41, 5.74) is 1.18. The van der Waals surface area contributed by atoms with E-state index in [1.165, 1.54) is 6.92 Å². The highest BCUT2D eigenvalue weighted by Crippen LogP contribution is 2.20. The zero-order valence-corrected chi connectivity index (χ0v) is 13.5. The predicted molar refractivity (Wildman–Crippen MR) is 87.8 cm³/mol. The smallest absolute Gasteiger partial charge is 0.242 e. The summed E-state index contributed by atoms with van der Waals surface area (Å²) in [4.78, 5) is 12.2. The van der Waals surface area contributed by atoms with Crippen LogP contribution in [0.4, 0.5) is 10.1 Å². The molecule has 1 heterocycles. The minimum absolute atomic E-state index is 0.101. The average molecular weight is 347 g/mol. The largest absolute Gasteiger partial charge is 0.325 e. The Bertz CT molecular complexity index is 997. The molecular weight excluding hydrogens is 333 g/mol. The van der Waals surface area contributed by atoms with Gasteiger partial charge in [0.2, 0.25) is 5.91 Å². The number of carbonyl (C=O) groups is 1. The van der Waals surface area contributed by atoms with E-state index >= 15 is 0 Å². The number of aromatic amines is 1. The Kier molecular flexibility index (Phi) is 4.06. The second-order valence-electron chi connectivity index (χ2n) is 5.30. The Hall–Kier alpha value is -2.74. The summed E-state index contributed by atoms with van der Waals surface area (Å²) in [7, 11) is -3.91. The lowest BCUT2D eigenvalue weighted by molar-refractivity contribution is -0.115. The van der Waals surface area contributed by atoms with Crippen LogP contribution in [0.3, 0.4) is 0 Å². The van der Waals surface area contributed by atoms with Gasteiger partial charge in [0.05, 0.1) is 16.6 Å². The molecule has 0 unspecified atom stereocenters. The number of fused-ring (bicyclic) bond motifs is 1. The van der Waals surface area contributed by atoms with Gasteiger partial charge in [-0.25, -0.2) is 12.8 Å². The molecule has 6 nitrogen and oxygen atoms in total. The van der Waals surface area contributed by atoms with E-state index < -0.39 is 26.8 Å². The van der Waals surface area contributed by atoms with Crippen molar-refractivity contribution < 1.29 is 17.6 Å². The molecule has 8 heteroatoms. The van der Waals surface area contributed by atoms with Crippen LogP contribution in [-0.2, 0) is 14.6 Å². The maximum Gasteiger partial charge on any atom is 0.242 e. The fraction of sp³-hybridized carbons (Fsp3) is 0.125. The molecule has 0 radical (unpaired) electrons. The van der Waals surface area contributed by atoms with Crippen molar-refractivity contribution in [3.05, 3.63) is 54.5 Å². The predicted octanol–water partition coefficient (Wildman–Crippen LogP) is 2.50. The van der Waals surface area contributed by atoms with E-state index in [0.29, 0.717) is 5.69 Å². The minimum atomic E-state index is -3.91. The number of H-pyrrole nitrogens is 1. The van der Waals surface area contributed by atoms with E-state index in [-0.39, 0.29) is 4.90 Å². The molecule has 2 aromatic carbocycles. The molecule has 0 fully saturated rings. The van der Waals surface area contributed by atoms with Crippen LogP contribution in [0.25, 0.3) is 10.9 Å². The van der Waals surface area contributed by atoms with Gasteiger partial charge in [0, 0.05) is 11.1 Å². The monoisotopic (exact) mass is 347 g/mol. The lowest BCUT2D eigenvalue weighted by Crippen LogP contribution is -2.32. The van der Waals surface area contributed by atoms with Crippen molar-refractivity contribution >= 4 is 32.3 Å². The number of hydrogen-bond acceptors (Lipinski definition) is 4. The number of aromatic nitrogens is 2. The molecule has 124 valence electrons. The zero-order valence-electron chi connectivity index (χ0n) is 12.7. The van der Waals surface area contributed by atoms with Gasteiger partial charge in [-0.2, -0.15) is 5.10 Å². The van der Waals surface area contributed by atoms with E-state index in [2.05, 4.69) is 15.5 Å². The second-order valence-corrected chi connectivity index (χ2v) is 7.57. The summed E-state index contributed by atoms with van der Waals surface area (Å²) in [6, 6.07) is 9.46. The number of nitrogens with one attached hydrogen (secondary N) is 2. The number of sulfone groups is 1. The fourth-order valence-electron chi connectivity index (χ4n) is 2.23. The topological polar surface area (TPSA) is 91.9 Å². The molecular formula is C16H14FN3O3S. The molecule has 3 aromatic rings. The third-order valence-corrected chi connectivity index (χ3v) is 5.76. The molecule has 0 saturated carbocycles. The van der Waals surface area contributed by atoms with Gasteiger partial charge in [0.15, 0.2) is 9.84 Å². The molecule has 2 N–H and O–H groups in total. The molecule has 1 aromatic heterocycles. The molecule has 24 heavy (non-hydrogen) atoms. The van der Waals surface area contributed by atoms with Gasteiger partial charge in [0.25, 0.3) is 0 Å². The Morgan fingerprint density at radius 1 is 1.21 bits per heavy atom. The number of anilines is 1. The highest BCUT2D eigenvalue weighted by molar-refractivity contribution is 7.92. The first-order valence-corrected chi connectivity index (χ1v) is 8.66. The van der Waals surface area contributed by atoms with Crippen LogP contribution < -0.4 is 5.32 Å². The lowest BCUT2D eigenvalue weighted by Gasteiger charge is -2.13. The molecule has 0 aliphatic heterocycles. The standard InChI is InChI=1S/C16H14FN3O3S/c1-10(24(22,23)14-6-3-12(17)4-7-14)16(21)19-13-5-2-11-9-18-20-15(11)8-13/h2-10H,1H3,(H,18,20)(H,19,21)/t10-/m1/s1. The lowest BCUT2D eigenvalue weighted by atomic mass is 10.2. The summed E-state index contributed by atoms with van der Waals surface area (Å²) in [6.07, 6.45) is 1.64. The van der Waals surface area contributed by atoms with Crippen LogP contribution in [0.2, 0.25) is 0 Å². The van der Waals surface area contributed by atoms with E-state index in [1.54, 1.807) is 24.4 Å². The molecule has 0 spiro atoms. The van der Waals surface area contributed by atoms with Crippen LogP contribution in [0.5, 0.6) is 0 Å². The normalized spacial score (nSPS) is 12.9. The van der Waals surface area contributed by atoms with Crippen molar-refractivity contribution in [2.24, 2.45) is 0 Å². The van der Waals surface area contributed by atoms with Crippen molar-refractivity contribution in [2.45, 2.75) is 17.1 Å². The quantitative estimate of drug-likeness (QED) is 0.709. The van der Waals surface area contributed by atoms with Gasteiger partial charge < -0.3 is 5.32 Å². The van der Waals surface area contributed by atoms with Crippen molar-refractivity contribution in [1.82, 2.24) is 10.2 Å². The Morgan fingerprint density at radius 2 is 1.92 bits per heavy atom. The number of rotatable bonds is 4. The molecule has 0 saturated heterocycles. The van der Waals surface area contributed by atoms with Crippen molar-refractivity contribution in [3.8, 4) is 0 Å². The Morgan fingerprint density at radius 3 is 2.62 bits per heavy atom. The highest BCUT2D eigenvalue weighted by atomic mass is 32.2. The first-order chi connectivity index (χ1) is 11.4. The number of halogens is 1. The van der Waals surface area contributed by atoms with Crippen molar-refractivity contribution in [1.29, 1.82) is 0 Å². The van der Waals surface area contributed by atoms with Crippen LogP contribution in [-0.4, -0.2) is 29.8 Å². The van der Waals surface area contributed by atoms with Crippen LogP contribution in [0.15, 0.2) is 53.6 Å². The molecule has 0 aliphatic rings. The van der Waals surface area contributed by atoms with Gasteiger partial charge >= 0.3 is 0 Å². The van der Waals surface area contributed by atoms with Crippen LogP contribution >= 0.6 is 0 Å². The Labute approximate surface area is 137 Å². The first-order valence-electron chi connectivity index (χ1n) is 7.11. The van der Waals surface area contributed by atoms with Crippen LogP contribution in [0.1, 0.15) is 6.92 Å². The van der Waals surface area contributed by atoms with Gasteiger partial charge in [0.1, 0.15) is 11.1 Å². The molecule has 0 aliphatic carbocycles. The summed E-state index contributed by atoms with van der Waals surface area (Å²) < 4.78 is 37.8. The van der Waals surface area contributed by atoms with Gasteiger partial charge in [-0.1, -0.05) is 0 Å². The fourth-order valence-corrected chi connectivity index (χ4v) is 3.49. The first kappa shape index (κ1) is 16.1. The third kappa shape index (κ3) is 3.00. The van der Waals surface area contributed by atoms with E-state index in [1.807, 2.05) is 0 Å². The number of amides is 1. The van der Waals surface area contributed by atoms with Crippen LogP contribution in [0, 0.1) is 5.82 Å². The number of benzene rings is 2. The summed E-state index contributed by atoms with van der Waals surface area (Å²) in [5, 5.41) is 8.77. The second kappa shape index (κ2) is 6.04. The average Bonchev–Trinajstić information content (AvgIpc) is 3.02. The van der Waals surface area contributed by atoms with E-state index in [0.717, 1.165) is 35.2 Å². The van der Waals surface area contributed by atoms with E-state index in [4.69, 9.17) is 0 Å². The van der Waals surface area contributed by atoms with E-state index in [9.17, 15) is 17.6 Å². The Balaban J connectivity index is 1.81. The number of carbonyl (C=O) groups excluding carboxylic acids is 1. The van der Waals surface area contributed by atoms with Gasteiger partial charge in [-0.15, -0.1) is 0 Å². The molecule has 3 rings (SSSR count). The highest BCUT2D eigenvalue weighted by Gasteiger charge is 2.29. The summed E-state index contributed by atoms with van der Waals surface area (Å²) in [6.45, 7) is 1.29. The molecule has 0 bridgehead atoms. The SMILES string of the molecule is C[C@H](C(=O)Nc1ccc2cn[nH]c2c1)S(=O)(=O)c1ccc(F)cc1. The minimum Gasteiger partial charge on any atom is -0.325 e. The number of hydrogen-bond donors (Lipinski definition) is 2. The maximum absolute atomic E-state index is 12.9. The maximum atomic E-state index is 12.9. The third-order valence-electron chi connectivity index (χ3n) is 3.69. The van der Waals surface area contributed by atoms with Crippen molar-refractivity contribution in [3.63, 3.8) is 0 Å². The zero-order chi connectivity index (χ0) is 17.3. The summed E-state index contributed by atoms with van der Waals surface area (Å²) >= 11 is 0. The van der Waals surface area contributed by atoms with Gasteiger partial charge in [-0.3, -0.25) is 9.89 Å². The van der Waals surface area contributed by atoms with Crippen molar-refractivity contribution in [2.75, 3.05) is 5.32 Å².